The average Bonchev–Trinajstić information content (AvgIpc) is 2.99. The van der Waals surface area contributed by atoms with Crippen molar-refractivity contribution in [3.8, 4) is 11.5 Å². The number of carbonyl (C=O) groups excluding carboxylic acids is 4. The molecule has 0 radical (unpaired) electrons. The second kappa shape index (κ2) is 15.8. The highest BCUT2D eigenvalue weighted by Gasteiger charge is 2.29. The third kappa shape index (κ3) is 9.03. The third-order valence-corrected chi connectivity index (χ3v) is 5.97. The van der Waals surface area contributed by atoms with Crippen LogP contribution >= 0.6 is 0 Å². The number of ether oxygens (including phenoxy) is 4. The molecule has 0 amide bonds. The third-order valence-electron chi connectivity index (χ3n) is 5.97. The van der Waals surface area contributed by atoms with Crippen LogP contribution in [0, 0.1) is 11.8 Å². The first-order valence-corrected chi connectivity index (χ1v) is 12.1. The molecule has 0 aromatic heterocycles. The number of hydrogen-bond acceptors (Lipinski definition) is 14. The van der Waals surface area contributed by atoms with Crippen molar-refractivity contribution in [1.29, 1.82) is 0 Å². The lowest BCUT2D eigenvalue weighted by atomic mass is 9.80. The molecule has 1 saturated carbocycles. The summed E-state index contributed by atoms with van der Waals surface area (Å²) in [4.78, 5) is 65.3. The lowest BCUT2D eigenvalue weighted by molar-refractivity contribution is -0.453. The van der Waals surface area contributed by atoms with Crippen molar-refractivity contribution in [2.75, 3.05) is 27.4 Å². The van der Waals surface area contributed by atoms with Gasteiger partial charge in [-0.1, -0.05) is 37.1 Å². The Morgan fingerprint density at radius 2 is 1.02 bits per heavy atom. The van der Waals surface area contributed by atoms with Gasteiger partial charge in [-0.05, 0) is 48.9 Å². The zero-order chi connectivity index (χ0) is 28.7. The standard InChI is InChI=1S/C26H28O14/c1-31-21-13-7-5-11-19(21)23(27)35-39-37-25(29)33-15-17-9-3-4-10-18(17)16-34-26(30)38-40-36-24(28)20-12-6-8-14-22(20)32-2/h5-8,11-14,17-18H,3-4,9-10,15-16H2,1-2H3. The molecule has 0 bridgehead atoms. The summed E-state index contributed by atoms with van der Waals surface area (Å²) in [7, 11) is 2.76. The fourth-order valence-electron chi connectivity index (χ4n) is 3.99. The molecule has 1 aliphatic carbocycles. The average molecular weight is 564 g/mol. The SMILES string of the molecule is COc1ccccc1C(=O)OOOC(=O)OCC1CCCCC1COC(=O)OOOC(=O)c1ccccc1OC. The number of methoxy groups -OCH3 is 2. The first kappa shape index (κ1) is 30.0. The molecule has 2 aromatic rings. The maximum atomic E-state index is 12.0. The lowest BCUT2D eigenvalue weighted by Crippen LogP contribution is -2.30. The molecule has 0 heterocycles. The molecule has 2 atom stereocenters. The summed E-state index contributed by atoms with van der Waals surface area (Å²) >= 11 is 0. The minimum absolute atomic E-state index is 0.0607. The Bertz CT molecular complexity index is 1060. The lowest BCUT2D eigenvalue weighted by Gasteiger charge is -2.30. The fourth-order valence-corrected chi connectivity index (χ4v) is 3.99. The van der Waals surface area contributed by atoms with Crippen LogP contribution in [-0.2, 0) is 39.1 Å². The molecule has 0 saturated heterocycles. The molecule has 2 unspecified atom stereocenters. The Balaban J connectivity index is 1.34. The predicted octanol–water partition coefficient (Wildman–Crippen LogP) is 4.52. The topological polar surface area (TPSA) is 161 Å². The molecule has 0 aliphatic heterocycles. The summed E-state index contributed by atoms with van der Waals surface area (Å²) in [5.41, 5.74) is 0.121. The molecule has 0 N–H and O–H groups in total. The van der Waals surface area contributed by atoms with Gasteiger partial charge in [-0.3, -0.25) is 9.78 Å². The Morgan fingerprint density at radius 1 is 0.625 bits per heavy atom. The van der Waals surface area contributed by atoms with Gasteiger partial charge in [0, 0.05) is 0 Å². The summed E-state index contributed by atoms with van der Waals surface area (Å²) in [6, 6.07) is 12.4. The van der Waals surface area contributed by atoms with Gasteiger partial charge in [0.25, 0.3) is 0 Å². The van der Waals surface area contributed by atoms with Gasteiger partial charge in [0.2, 0.25) is 0 Å². The van der Waals surface area contributed by atoms with E-state index in [-0.39, 0.29) is 47.7 Å². The van der Waals surface area contributed by atoms with E-state index < -0.39 is 24.2 Å². The van der Waals surface area contributed by atoms with E-state index in [2.05, 4.69) is 29.6 Å². The van der Waals surface area contributed by atoms with Gasteiger partial charge in [0.05, 0.1) is 37.5 Å². The van der Waals surface area contributed by atoms with Crippen molar-refractivity contribution < 1.29 is 67.8 Å². The zero-order valence-electron chi connectivity index (χ0n) is 21.7. The molecular formula is C26H28O14. The minimum Gasteiger partial charge on any atom is -0.496 e. The van der Waals surface area contributed by atoms with Crippen molar-refractivity contribution in [3.05, 3.63) is 59.7 Å². The first-order valence-electron chi connectivity index (χ1n) is 12.1. The van der Waals surface area contributed by atoms with E-state index >= 15 is 0 Å². The maximum absolute atomic E-state index is 12.0. The van der Waals surface area contributed by atoms with Gasteiger partial charge in [-0.15, -0.1) is 0 Å². The van der Waals surface area contributed by atoms with Crippen LogP contribution in [0.15, 0.2) is 48.5 Å². The molecule has 14 nitrogen and oxygen atoms in total. The molecule has 0 spiro atoms. The normalized spacial score (nSPS) is 16.1. The Labute approximate surface area is 228 Å². The van der Waals surface area contributed by atoms with E-state index in [1.807, 2.05) is 0 Å². The second-order valence-electron chi connectivity index (χ2n) is 8.37. The van der Waals surface area contributed by atoms with E-state index in [1.165, 1.54) is 26.4 Å². The molecule has 14 heteroatoms. The number of benzene rings is 2. The number of hydrogen-bond donors (Lipinski definition) is 0. The summed E-state index contributed by atoms with van der Waals surface area (Å²) in [5, 5.41) is 8.46. The van der Waals surface area contributed by atoms with Gasteiger partial charge in [-0.2, -0.15) is 0 Å². The molecule has 1 aliphatic rings. The number of rotatable bonds is 12. The number of carbonyl (C=O) groups is 4. The van der Waals surface area contributed by atoms with Crippen molar-refractivity contribution in [1.82, 2.24) is 0 Å². The van der Waals surface area contributed by atoms with Crippen LogP contribution in [0.25, 0.3) is 0 Å². The summed E-state index contributed by atoms with van der Waals surface area (Å²) in [6.45, 7) is -0.141. The van der Waals surface area contributed by atoms with Crippen LogP contribution < -0.4 is 9.47 Å². The number of para-hydroxylation sites is 2. The second-order valence-corrected chi connectivity index (χ2v) is 8.37. The van der Waals surface area contributed by atoms with Crippen LogP contribution in [0.5, 0.6) is 11.5 Å². The van der Waals surface area contributed by atoms with Crippen LogP contribution in [0.4, 0.5) is 9.59 Å². The molecule has 3 rings (SSSR count). The summed E-state index contributed by atoms with van der Waals surface area (Å²) in [6.07, 6.45) is 0.656. The van der Waals surface area contributed by atoms with Gasteiger partial charge in [-0.25, -0.2) is 29.0 Å². The molecule has 40 heavy (non-hydrogen) atoms. The highest BCUT2D eigenvalue weighted by Crippen LogP contribution is 2.31. The zero-order valence-corrected chi connectivity index (χ0v) is 21.7. The van der Waals surface area contributed by atoms with Crippen LogP contribution in [0.2, 0.25) is 0 Å². The van der Waals surface area contributed by atoms with Crippen LogP contribution in [-0.4, -0.2) is 51.7 Å². The van der Waals surface area contributed by atoms with Crippen LogP contribution in [0.1, 0.15) is 46.4 Å². The van der Waals surface area contributed by atoms with E-state index in [4.69, 9.17) is 18.9 Å². The highest BCUT2D eigenvalue weighted by molar-refractivity contribution is 5.92. The van der Waals surface area contributed by atoms with Crippen molar-refractivity contribution in [2.45, 2.75) is 25.7 Å². The minimum atomic E-state index is -1.23. The van der Waals surface area contributed by atoms with Crippen molar-refractivity contribution in [2.24, 2.45) is 11.8 Å². The van der Waals surface area contributed by atoms with Gasteiger partial charge in [0.1, 0.15) is 22.6 Å². The summed E-state index contributed by atoms with van der Waals surface area (Å²) in [5.74, 6) is -1.74. The van der Waals surface area contributed by atoms with E-state index in [0.717, 1.165) is 12.8 Å². The van der Waals surface area contributed by atoms with Crippen molar-refractivity contribution >= 4 is 24.2 Å². The maximum Gasteiger partial charge on any atom is 0.543 e. The Morgan fingerprint density at radius 3 is 1.43 bits per heavy atom. The van der Waals surface area contributed by atoms with E-state index in [1.54, 1.807) is 36.4 Å². The Kier molecular flexibility index (Phi) is 11.8. The fraction of sp³-hybridized carbons (Fsp3) is 0.385. The predicted molar refractivity (Wildman–Crippen MR) is 129 cm³/mol. The molecule has 216 valence electrons. The highest BCUT2D eigenvalue weighted by atomic mass is 17.5. The molecular weight excluding hydrogens is 536 g/mol. The monoisotopic (exact) mass is 564 g/mol. The van der Waals surface area contributed by atoms with Gasteiger partial charge in [0.15, 0.2) is 0 Å². The van der Waals surface area contributed by atoms with Crippen molar-refractivity contribution in [3.63, 3.8) is 0 Å². The smallest absolute Gasteiger partial charge is 0.496 e. The van der Waals surface area contributed by atoms with Crippen LogP contribution in [0.3, 0.4) is 0 Å². The van der Waals surface area contributed by atoms with Gasteiger partial charge < -0.3 is 18.9 Å². The van der Waals surface area contributed by atoms with E-state index in [0.29, 0.717) is 12.8 Å². The first-order chi connectivity index (χ1) is 19.4. The molecule has 2 aromatic carbocycles. The van der Waals surface area contributed by atoms with Gasteiger partial charge >= 0.3 is 24.2 Å². The molecule has 1 fully saturated rings. The Hall–Kier alpha value is -4.56. The van der Waals surface area contributed by atoms with E-state index in [9.17, 15) is 19.2 Å². The largest absolute Gasteiger partial charge is 0.543 e. The quantitative estimate of drug-likeness (QED) is 0.201. The summed E-state index contributed by atoms with van der Waals surface area (Å²) < 4.78 is 20.2.